The quantitative estimate of drug-likeness (QED) is 0.691. The molecule has 4 heteroatoms. The van der Waals surface area contributed by atoms with Gasteiger partial charge in [0, 0.05) is 38.3 Å². The Bertz CT molecular complexity index is 217. The van der Waals surface area contributed by atoms with Crippen LogP contribution in [0.15, 0.2) is 0 Å². The van der Waals surface area contributed by atoms with Crippen LogP contribution in [0.2, 0.25) is 0 Å². The fourth-order valence-electron chi connectivity index (χ4n) is 3.02. The first-order valence-corrected chi connectivity index (χ1v) is 6.33. The lowest BCUT2D eigenvalue weighted by Gasteiger charge is -2.32. The van der Waals surface area contributed by atoms with E-state index in [1.807, 2.05) is 7.05 Å². The molecule has 0 bridgehead atoms. The second-order valence-corrected chi connectivity index (χ2v) is 5.41. The van der Waals surface area contributed by atoms with Gasteiger partial charge in [-0.1, -0.05) is 0 Å². The van der Waals surface area contributed by atoms with Gasteiger partial charge >= 0.3 is 0 Å². The van der Waals surface area contributed by atoms with Crippen molar-refractivity contribution in [2.45, 2.75) is 12.8 Å². The maximum Gasteiger partial charge on any atom is 0.0547 e. The van der Waals surface area contributed by atoms with E-state index in [0.717, 1.165) is 52.2 Å². The molecule has 4 nitrogen and oxygen atoms in total. The molecule has 0 aromatic carbocycles. The van der Waals surface area contributed by atoms with Crippen molar-refractivity contribution in [1.29, 1.82) is 0 Å². The van der Waals surface area contributed by atoms with E-state index in [1.165, 1.54) is 0 Å². The summed E-state index contributed by atoms with van der Waals surface area (Å²) in [6.45, 7) is 6.47. The van der Waals surface area contributed by atoms with Gasteiger partial charge in [-0.05, 0) is 32.4 Å². The van der Waals surface area contributed by atoms with E-state index in [4.69, 9.17) is 9.84 Å². The van der Waals surface area contributed by atoms with Crippen LogP contribution in [-0.2, 0) is 4.74 Å². The SMILES string of the molecule is CNCC1(CN2CCC(CO)C2)CCOC1. The topological polar surface area (TPSA) is 44.7 Å². The van der Waals surface area contributed by atoms with E-state index < -0.39 is 0 Å². The molecule has 2 saturated heterocycles. The van der Waals surface area contributed by atoms with Gasteiger partial charge in [-0.25, -0.2) is 0 Å². The van der Waals surface area contributed by atoms with Crippen molar-refractivity contribution in [1.82, 2.24) is 10.2 Å². The third kappa shape index (κ3) is 2.74. The van der Waals surface area contributed by atoms with Crippen molar-refractivity contribution in [2.24, 2.45) is 11.3 Å². The van der Waals surface area contributed by atoms with Crippen molar-refractivity contribution < 1.29 is 9.84 Å². The molecule has 2 heterocycles. The Morgan fingerprint density at radius 2 is 2.44 bits per heavy atom. The van der Waals surface area contributed by atoms with Crippen molar-refractivity contribution in [3.63, 3.8) is 0 Å². The van der Waals surface area contributed by atoms with Gasteiger partial charge in [0.25, 0.3) is 0 Å². The zero-order valence-electron chi connectivity index (χ0n) is 10.2. The van der Waals surface area contributed by atoms with Gasteiger partial charge in [-0.15, -0.1) is 0 Å². The lowest BCUT2D eigenvalue weighted by atomic mass is 9.86. The highest BCUT2D eigenvalue weighted by atomic mass is 16.5. The summed E-state index contributed by atoms with van der Waals surface area (Å²) in [5.41, 5.74) is 0.305. The van der Waals surface area contributed by atoms with Crippen LogP contribution in [0.5, 0.6) is 0 Å². The second-order valence-electron chi connectivity index (χ2n) is 5.41. The van der Waals surface area contributed by atoms with Crippen molar-refractivity contribution >= 4 is 0 Å². The predicted octanol–water partition coefficient (Wildman–Crippen LogP) is -0.0733. The summed E-state index contributed by atoms with van der Waals surface area (Å²) in [5.74, 6) is 0.494. The molecule has 94 valence electrons. The molecule has 0 aromatic rings. The minimum absolute atomic E-state index is 0.305. The summed E-state index contributed by atoms with van der Waals surface area (Å²) < 4.78 is 5.56. The van der Waals surface area contributed by atoms with Gasteiger partial charge in [0.05, 0.1) is 6.61 Å². The molecule has 0 amide bonds. The van der Waals surface area contributed by atoms with Gasteiger partial charge in [-0.3, -0.25) is 0 Å². The Labute approximate surface area is 98.0 Å². The molecule has 2 aliphatic rings. The van der Waals surface area contributed by atoms with E-state index in [-0.39, 0.29) is 0 Å². The standard InChI is InChI=1S/C12H24N2O2/c1-13-8-12(3-5-16-10-12)9-14-4-2-11(6-14)7-15/h11,13,15H,2-10H2,1H3. The number of hydrogen-bond acceptors (Lipinski definition) is 4. The van der Waals surface area contributed by atoms with Crippen LogP contribution in [-0.4, -0.2) is 63.1 Å². The molecular formula is C12H24N2O2. The molecule has 2 atom stereocenters. The van der Waals surface area contributed by atoms with Crippen molar-refractivity contribution in [3.8, 4) is 0 Å². The Balaban J connectivity index is 1.86. The van der Waals surface area contributed by atoms with Crippen LogP contribution in [0.4, 0.5) is 0 Å². The maximum atomic E-state index is 9.15. The lowest BCUT2D eigenvalue weighted by Crippen LogP contribution is -2.43. The summed E-state index contributed by atoms with van der Waals surface area (Å²) in [6, 6.07) is 0. The smallest absolute Gasteiger partial charge is 0.0547 e. The molecule has 0 saturated carbocycles. The molecule has 2 unspecified atom stereocenters. The molecule has 2 aliphatic heterocycles. The lowest BCUT2D eigenvalue weighted by molar-refractivity contribution is 0.116. The Hall–Kier alpha value is -0.160. The van der Waals surface area contributed by atoms with Crippen LogP contribution in [0, 0.1) is 11.3 Å². The molecule has 2 fully saturated rings. The average Bonchev–Trinajstić information content (AvgIpc) is 2.89. The average molecular weight is 228 g/mol. The summed E-state index contributed by atoms with van der Waals surface area (Å²) in [6.07, 6.45) is 2.31. The highest BCUT2D eigenvalue weighted by molar-refractivity contribution is 4.90. The largest absolute Gasteiger partial charge is 0.396 e. The van der Waals surface area contributed by atoms with Gasteiger partial charge in [0.1, 0.15) is 0 Å². The van der Waals surface area contributed by atoms with Crippen molar-refractivity contribution in [2.75, 3.05) is 53.0 Å². The van der Waals surface area contributed by atoms with Gasteiger partial charge in [0.15, 0.2) is 0 Å². The monoisotopic (exact) mass is 228 g/mol. The number of hydrogen-bond donors (Lipinski definition) is 2. The normalized spacial score (nSPS) is 36.0. The first kappa shape index (κ1) is 12.3. The van der Waals surface area contributed by atoms with Crippen LogP contribution < -0.4 is 5.32 Å². The van der Waals surface area contributed by atoms with E-state index in [9.17, 15) is 0 Å². The minimum atomic E-state index is 0.305. The number of nitrogens with zero attached hydrogens (tertiary/aromatic N) is 1. The third-order valence-corrected chi connectivity index (χ3v) is 3.92. The fourth-order valence-corrected chi connectivity index (χ4v) is 3.02. The number of nitrogens with one attached hydrogen (secondary N) is 1. The molecular weight excluding hydrogens is 204 g/mol. The highest BCUT2D eigenvalue weighted by Gasteiger charge is 2.37. The Kier molecular flexibility index (Phi) is 4.19. The minimum Gasteiger partial charge on any atom is -0.396 e. The van der Waals surface area contributed by atoms with Crippen LogP contribution in [0.3, 0.4) is 0 Å². The molecule has 0 aromatic heterocycles. The number of likely N-dealkylation sites (tertiary alicyclic amines) is 1. The molecule has 0 aliphatic carbocycles. The second kappa shape index (κ2) is 5.45. The number of aliphatic hydroxyl groups is 1. The Morgan fingerprint density at radius 3 is 3.00 bits per heavy atom. The first-order chi connectivity index (χ1) is 7.78. The summed E-state index contributed by atoms with van der Waals surface area (Å²) in [7, 11) is 2.01. The number of rotatable bonds is 5. The third-order valence-electron chi connectivity index (χ3n) is 3.92. The molecule has 0 spiro atoms. The van der Waals surface area contributed by atoms with E-state index in [2.05, 4.69) is 10.2 Å². The summed E-state index contributed by atoms with van der Waals surface area (Å²) >= 11 is 0. The number of aliphatic hydroxyl groups excluding tert-OH is 1. The summed E-state index contributed by atoms with van der Waals surface area (Å²) in [4.78, 5) is 2.49. The first-order valence-electron chi connectivity index (χ1n) is 6.33. The molecule has 2 N–H and O–H groups in total. The Morgan fingerprint density at radius 1 is 1.56 bits per heavy atom. The van der Waals surface area contributed by atoms with Gasteiger partial charge < -0.3 is 20.1 Å². The van der Waals surface area contributed by atoms with Crippen LogP contribution >= 0.6 is 0 Å². The van der Waals surface area contributed by atoms with E-state index in [1.54, 1.807) is 0 Å². The van der Waals surface area contributed by atoms with Crippen molar-refractivity contribution in [3.05, 3.63) is 0 Å². The molecule has 0 radical (unpaired) electrons. The number of ether oxygens (including phenoxy) is 1. The van der Waals surface area contributed by atoms with E-state index in [0.29, 0.717) is 17.9 Å². The predicted molar refractivity (Wildman–Crippen MR) is 63.4 cm³/mol. The van der Waals surface area contributed by atoms with Gasteiger partial charge in [-0.2, -0.15) is 0 Å². The van der Waals surface area contributed by atoms with E-state index >= 15 is 0 Å². The summed E-state index contributed by atoms with van der Waals surface area (Å²) in [5, 5.41) is 12.4. The molecule has 16 heavy (non-hydrogen) atoms. The maximum absolute atomic E-state index is 9.15. The fraction of sp³-hybridized carbons (Fsp3) is 1.00. The zero-order chi connectivity index (χ0) is 11.4. The zero-order valence-corrected chi connectivity index (χ0v) is 10.2. The highest BCUT2D eigenvalue weighted by Crippen LogP contribution is 2.31. The van der Waals surface area contributed by atoms with Crippen LogP contribution in [0.25, 0.3) is 0 Å². The van der Waals surface area contributed by atoms with Gasteiger partial charge in [0.2, 0.25) is 0 Å². The molecule has 2 rings (SSSR count). The van der Waals surface area contributed by atoms with Crippen LogP contribution in [0.1, 0.15) is 12.8 Å².